The maximum atomic E-state index is 10.6. The van der Waals surface area contributed by atoms with E-state index in [1.807, 2.05) is 12.1 Å². The fourth-order valence-corrected chi connectivity index (χ4v) is 1.36. The molecule has 2 rings (SSSR count). The van der Waals surface area contributed by atoms with E-state index in [1.54, 1.807) is 12.1 Å². The highest BCUT2D eigenvalue weighted by Gasteiger charge is 2.11. The zero-order valence-corrected chi connectivity index (χ0v) is 9.06. The van der Waals surface area contributed by atoms with Crippen LogP contribution in [0.25, 0.3) is 11.5 Å². The Labute approximate surface area is 93.7 Å². The standard InChI is InChI=1S/C10H6BrNO3/c11-7-3-1-6(2-4-7)9-12-8(5-15-9)10(13)14/h1-5H,(H,13,14). The average molecular weight is 268 g/mol. The number of aromatic carboxylic acids is 1. The molecule has 0 amide bonds. The first-order chi connectivity index (χ1) is 7.16. The molecule has 0 atom stereocenters. The van der Waals surface area contributed by atoms with Crippen LogP contribution in [0.5, 0.6) is 0 Å². The number of carboxylic acid groups (broad SMARTS) is 1. The number of nitrogens with zero attached hydrogens (tertiary/aromatic N) is 1. The smallest absolute Gasteiger partial charge is 0.357 e. The minimum atomic E-state index is -1.10. The molecule has 1 N–H and O–H groups in total. The van der Waals surface area contributed by atoms with Crippen LogP contribution in [0.1, 0.15) is 10.5 Å². The van der Waals surface area contributed by atoms with Gasteiger partial charge in [0.15, 0.2) is 5.69 Å². The molecule has 0 bridgehead atoms. The second kappa shape index (κ2) is 3.86. The molecule has 0 aliphatic rings. The van der Waals surface area contributed by atoms with E-state index < -0.39 is 5.97 Å². The molecule has 2 aromatic rings. The van der Waals surface area contributed by atoms with E-state index in [0.717, 1.165) is 16.3 Å². The SMILES string of the molecule is O=C(O)c1coc(-c2ccc(Br)cc2)n1. The van der Waals surface area contributed by atoms with E-state index in [2.05, 4.69) is 20.9 Å². The fourth-order valence-electron chi connectivity index (χ4n) is 1.10. The maximum absolute atomic E-state index is 10.6. The van der Waals surface area contributed by atoms with Gasteiger partial charge in [0.25, 0.3) is 0 Å². The van der Waals surface area contributed by atoms with Gasteiger partial charge in [-0.05, 0) is 24.3 Å². The summed E-state index contributed by atoms with van der Waals surface area (Å²) in [6, 6.07) is 7.25. The Bertz CT molecular complexity index is 490. The van der Waals surface area contributed by atoms with Gasteiger partial charge in [0.1, 0.15) is 6.26 Å². The summed E-state index contributed by atoms with van der Waals surface area (Å²) in [6.07, 6.45) is 1.12. The lowest BCUT2D eigenvalue weighted by Crippen LogP contribution is -1.95. The Kier molecular flexibility index (Phi) is 2.55. The Balaban J connectivity index is 2.37. The lowest BCUT2D eigenvalue weighted by Gasteiger charge is -1.94. The Morgan fingerprint density at radius 3 is 2.53 bits per heavy atom. The van der Waals surface area contributed by atoms with E-state index in [-0.39, 0.29) is 5.69 Å². The second-order valence-corrected chi connectivity index (χ2v) is 3.77. The summed E-state index contributed by atoms with van der Waals surface area (Å²) in [5, 5.41) is 8.66. The van der Waals surface area contributed by atoms with Crippen molar-refractivity contribution in [3.05, 3.63) is 40.7 Å². The van der Waals surface area contributed by atoms with Crippen LogP contribution in [0.4, 0.5) is 0 Å². The summed E-state index contributed by atoms with van der Waals surface area (Å²) in [5.41, 5.74) is 0.651. The van der Waals surface area contributed by atoms with Crippen LogP contribution in [0, 0.1) is 0 Å². The van der Waals surface area contributed by atoms with Crippen molar-refractivity contribution in [2.75, 3.05) is 0 Å². The molecular weight excluding hydrogens is 262 g/mol. The number of oxazole rings is 1. The number of halogens is 1. The Morgan fingerprint density at radius 1 is 1.33 bits per heavy atom. The number of benzene rings is 1. The minimum Gasteiger partial charge on any atom is -0.476 e. The van der Waals surface area contributed by atoms with Crippen molar-refractivity contribution in [2.24, 2.45) is 0 Å². The molecule has 15 heavy (non-hydrogen) atoms. The molecule has 0 aliphatic carbocycles. The molecule has 0 saturated heterocycles. The average Bonchev–Trinajstić information content (AvgIpc) is 2.68. The fraction of sp³-hybridized carbons (Fsp3) is 0. The van der Waals surface area contributed by atoms with Gasteiger partial charge in [0, 0.05) is 10.0 Å². The van der Waals surface area contributed by atoms with Gasteiger partial charge in [0.2, 0.25) is 5.89 Å². The van der Waals surface area contributed by atoms with Gasteiger partial charge in [-0.25, -0.2) is 9.78 Å². The van der Waals surface area contributed by atoms with Crippen LogP contribution in [0.2, 0.25) is 0 Å². The summed E-state index contributed by atoms with van der Waals surface area (Å²) in [5.74, 6) is -0.790. The number of carbonyl (C=O) groups is 1. The third-order valence-corrected chi connectivity index (χ3v) is 2.34. The predicted molar refractivity (Wildman–Crippen MR) is 56.6 cm³/mol. The predicted octanol–water partition coefficient (Wildman–Crippen LogP) is 2.80. The van der Waals surface area contributed by atoms with E-state index >= 15 is 0 Å². The lowest BCUT2D eigenvalue weighted by atomic mass is 10.2. The number of hydrogen-bond acceptors (Lipinski definition) is 3. The highest BCUT2D eigenvalue weighted by atomic mass is 79.9. The van der Waals surface area contributed by atoms with Crippen molar-refractivity contribution < 1.29 is 14.3 Å². The third kappa shape index (κ3) is 2.07. The number of rotatable bonds is 2. The second-order valence-electron chi connectivity index (χ2n) is 2.85. The summed E-state index contributed by atoms with van der Waals surface area (Å²) in [7, 11) is 0. The van der Waals surface area contributed by atoms with Crippen molar-refractivity contribution in [1.82, 2.24) is 4.98 Å². The number of hydrogen-bond donors (Lipinski definition) is 1. The first-order valence-corrected chi connectivity index (χ1v) is 4.91. The molecule has 1 aromatic heterocycles. The van der Waals surface area contributed by atoms with E-state index in [0.29, 0.717) is 5.89 Å². The third-order valence-electron chi connectivity index (χ3n) is 1.81. The molecular formula is C10H6BrNO3. The molecule has 4 nitrogen and oxygen atoms in total. The Morgan fingerprint density at radius 2 is 2.00 bits per heavy atom. The normalized spacial score (nSPS) is 10.2. The zero-order valence-electron chi connectivity index (χ0n) is 7.48. The van der Waals surface area contributed by atoms with Crippen molar-refractivity contribution in [1.29, 1.82) is 0 Å². The maximum Gasteiger partial charge on any atom is 0.357 e. The van der Waals surface area contributed by atoms with Gasteiger partial charge >= 0.3 is 5.97 Å². The van der Waals surface area contributed by atoms with Gasteiger partial charge in [0.05, 0.1) is 0 Å². The quantitative estimate of drug-likeness (QED) is 0.909. The molecule has 0 aliphatic heterocycles. The van der Waals surface area contributed by atoms with Crippen LogP contribution in [-0.2, 0) is 0 Å². The summed E-state index contributed by atoms with van der Waals surface area (Å²) in [4.78, 5) is 14.4. The highest BCUT2D eigenvalue weighted by molar-refractivity contribution is 9.10. The summed E-state index contributed by atoms with van der Waals surface area (Å²) >= 11 is 3.30. The molecule has 76 valence electrons. The highest BCUT2D eigenvalue weighted by Crippen LogP contribution is 2.20. The Hall–Kier alpha value is -1.62. The molecule has 0 radical (unpaired) electrons. The molecule has 1 heterocycles. The summed E-state index contributed by atoms with van der Waals surface area (Å²) < 4.78 is 5.99. The van der Waals surface area contributed by atoms with E-state index in [1.165, 1.54) is 0 Å². The van der Waals surface area contributed by atoms with Gasteiger partial charge in [-0.1, -0.05) is 15.9 Å². The number of carboxylic acids is 1. The largest absolute Gasteiger partial charge is 0.476 e. The van der Waals surface area contributed by atoms with Crippen molar-refractivity contribution in [2.45, 2.75) is 0 Å². The van der Waals surface area contributed by atoms with Crippen LogP contribution < -0.4 is 0 Å². The van der Waals surface area contributed by atoms with E-state index in [9.17, 15) is 4.79 Å². The monoisotopic (exact) mass is 267 g/mol. The molecule has 0 saturated carbocycles. The topological polar surface area (TPSA) is 63.3 Å². The van der Waals surface area contributed by atoms with Crippen molar-refractivity contribution in [3.8, 4) is 11.5 Å². The zero-order chi connectivity index (χ0) is 10.8. The molecule has 1 aromatic carbocycles. The van der Waals surface area contributed by atoms with Crippen molar-refractivity contribution in [3.63, 3.8) is 0 Å². The van der Waals surface area contributed by atoms with Crippen molar-refractivity contribution >= 4 is 21.9 Å². The van der Waals surface area contributed by atoms with Crippen LogP contribution in [0.3, 0.4) is 0 Å². The summed E-state index contributed by atoms with van der Waals surface area (Å²) in [6.45, 7) is 0. The first-order valence-electron chi connectivity index (χ1n) is 4.11. The van der Waals surface area contributed by atoms with Gasteiger partial charge in [-0.3, -0.25) is 0 Å². The van der Waals surface area contributed by atoms with Gasteiger partial charge < -0.3 is 9.52 Å². The van der Waals surface area contributed by atoms with Gasteiger partial charge in [-0.15, -0.1) is 0 Å². The number of aromatic nitrogens is 1. The van der Waals surface area contributed by atoms with Crippen LogP contribution in [-0.4, -0.2) is 16.1 Å². The minimum absolute atomic E-state index is 0.0899. The molecule has 0 unspecified atom stereocenters. The first kappa shape index (κ1) is 9.92. The molecule has 5 heteroatoms. The van der Waals surface area contributed by atoms with Crippen LogP contribution >= 0.6 is 15.9 Å². The molecule has 0 spiro atoms. The van der Waals surface area contributed by atoms with E-state index in [4.69, 9.17) is 9.52 Å². The lowest BCUT2D eigenvalue weighted by molar-refractivity contribution is 0.0690. The molecule has 0 fully saturated rings. The van der Waals surface area contributed by atoms with Crippen LogP contribution in [0.15, 0.2) is 39.4 Å². The van der Waals surface area contributed by atoms with Gasteiger partial charge in [-0.2, -0.15) is 0 Å².